The van der Waals surface area contributed by atoms with Gasteiger partial charge in [0.1, 0.15) is 10.7 Å². The molecule has 14 heavy (non-hydrogen) atoms. The van der Waals surface area contributed by atoms with Gasteiger partial charge in [-0.15, -0.1) is 11.3 Å². The van der Waals surface area contributed by atoms with Gasteiger partial charge in [-0.25, -0.2) is 9.18 Å². The lowest BCUT2D eigenvalue weighted by Gasteiger charge is -1.95. The molecular weight excluding hydrogens is 205 g/mol. The summed E-state index contributed by atoms with van der Waals surface area (Å²) in [7, 11) is 0. The van der Waals surface area contributed by atoms with Gasteiger partial charge in [0.2, 0.25) is 0 Å². The molecule has 0 spiro atoms. The first-order chi connectivity index (χ1) is 6.59. The Bertz CT molecular complexity index is 482. The second kappa shape index (κ2) is 2.95. The molecule has 3 nitrogen and oxygen atoms in total. The number of hydrogen-bond acceptors (Lipinski definition) is 3. The van der Waals surface area contributed by atoms with Gasteiger partial charge in [-0.1, -0.05) is 0 Å². The first kappa shape index (κ1) is 8.96. The van der Waals surface area contributed by atoms with Gasteiger partial charge in [-0.3, -0.25) is 0 Å². The van der Waals surface area contributed by atoms with E-state index in [1.54, 1.807) is 0 Å². The predicted octanol–water partition coefficient (Wildman–Crippen LogP) is 2.32. The summed E-state index contributed by atoms with van der Waals surface area (Å²) in [5.74, 6) is -1.50. The average Bonchev–Trinajstić information content (AvgIpc) is 2.57. The zero-order valence-corrected chi connectivity index (χ0v) is 7.77. The maximum atomic E-state index is 13.2. The van der Waals surface area contributed by atoms with Crippen molar-refractivity contribution in [2.75, 3.05) is 5.73 Å². The van der Waals surface area contributed by atoms with Gasteiger partial charge in [-0.2, -0.15) is 0 Å². The van der Waals surface area contributed by atoms with E-state index in [4.69, 9.17) is 10.8 Å². The Balaban J connectivity index is 2.82. The summed E-state index contributed by atoms with van der Waals surface area (Å²) in [4.78, 5) is 10.7. The van der Waals surface area contributed by atoms with Crippen molar-refractivity contribution >= 4 is 33.1 Å². The van der Waals surface area contributed by atoms with E-state index in [0.717, 1.165) is 11.3 Å². The molecule has 0 aliphatic heterocycles. The third kappa shape index (κ3) is 1.22. The van der Waals surface area contributed by atoms with Gasteiger partial charge in [0, 0.05) is 11.1 Å². The second-order valence-corrected chi connectivity index (χ2v) is 3.85. The van der Waals surface area contributed by atoms with Gasteiger partial charge >= 0.3 is 5.97 Å². The number of rotatable bonds is 1. The number of benzene rings is 1. The molecule has 5 heteroatoms. The molecule has 0 unspecified atom stereocenters. The summed E-state index contributed by atoms with van der Waals surface area (Å²) in [5.41, 5.74) is 5.98. The number of carboxylic acid groups (broad SMARTS) is 1. The minimum atomic E-state index is -1.06. The van der Waals surface area contributed by atoms with E-state index in [9.17, 15) is 9.18 Å². The number of carbonyl (C=O) groups is 1. The number of aromatic carboxylic acids is 1. The molecule has 0 fully saturated rings. The van der Waals surface area contributed by atoms with Crippen LogP contribution in [0.25, 0.3) is 10.1 Å². The van der Waals surface area contributed by atoms with Crippen LogP contribution in [-0.2, 0) is 0 Å². The van der Waals surface area contributed by atoms with Crippen molar-refractivity contribution in [1.82, 2.24) is 0 Å². The minimum Gasteiger partial charge on any atom is -0.477 e. The normalized spacial score (nSPS) is 10.6. The van der Waals surface area contributed by atoms with E-state index in [0.29, 0.717) is 15.8 Å². The van der Waals surface area contributed by atoms with Crippen LogP contribution in [0.4, 0.5) is 10.1 Å². The zero-order valence-electron chi connectivity index (χ0n) is 6.95. The highest BCUT2D eigenvalue weighted by Crippen LogP contribution is 2.31. The maximum Gasteiger partial charge on any atom is 0.345 e. The van der Waals surface area contributed by atoms with Crippen LogP contribution in [-0.4, -0.2) is 11.1 Å². The molecule has 0 amide bonds. The van der Waals surface area contributed by atoms with Crippen molar-refractivity contribution in [2.24, 2.45) is 0 Å². The van der Waals surface area contributed by atoms with Gasteiger partial charge in [0.05, 0.1) is 4.70 Å². The van der Waals surface area contributed by atoms with Crippen LogP contribution >= 0.6 is 11.3 Å². The fraction of sp³-hybridized carbons (Fsp3) is 0. The van der Waals surface area contributed by atoms with Gasteiger partial charge in [0.15, 0.2) is 0 Å². The predicted molar refractivity (Wildman–Crippen MR) is 53.2 cm³/mol. The van der Waals surface area contributed by atoms with Crippen molar-refractivity contribution in [3.63, 3.8) is 0 Å². The molecule has 3 N–H and O–H groups in total. The Kier molecular flexibility index (Phi) is 1.89. The number of carboxylic acids is 1. The number of hydrogen-bond donors (Lipinski definition) is 2. The lowest BCUT2D eigenvalue weighted by Crippen LogP contribution is -1.90. The first-order valence-corrected chi connectivity index (χ1v) is 4.62. The van der Waals surface area contributed by atoms with Crippen LogP contribution in [0.2, 0.25) is 0 Å². The van der Waals surface area contributed by atoms with Crippen LogP contribution in [0.15, 0.2) is 18.2 Å². The molecule has 0 aliphatic rings. The molecule has 2 aromatic rings. The fourth-order valence-electron chi connectivity index (χ4n) is 1.22. The number of fused-ring (bicyclic) bond motifs is 1. The van der Waals surface area contributed by atoms with Crippen LogP contribution in [0.3, 0.4) is 0 Å². The van der Waals surface area contributed by atoms with Crippen LogP contribution in [0, 0.1) is 5.82 Å². The molecule has 2 rings (SSSR count). The van der Waals surface area contributed by atoms with E-state index in [2.05, 4.69) is 0 Å². The highest BCUT2D eigenvalue weighted by molar-refractivity contribution is 7.20. The summed E-state index contributed by atoms with van der Waals surface area (Å²) in [6.07, 6.45) is 0. The highest BCUT2D eigenvalue weighted by atomic mass is 32.1. The highest BCUT2D eigenvalue weighted by Gasteiger charge is 2.12. The molecular formula is C9H6FNO2S. The maximum absolute atomic E-state index is 13.2. The number of nitrogens with two attached hydrogens (primary N) is 1. The topological polar surface area (TPSA) is 63.3 Å². The standard InChI is InChI=1S/C9H6FNO2S/c10-5-1-2-6(11)4-3-7(9(12)13)14-8(4)5/h1-3H,11H2,(H,12,13). The van der Waals surface area contributed by atoms with Crippen LogP contribution < -0.4 is 5.73 Å². The minimum absolute atomic E-state index is 0.0943. The number of nitrogen functional groups attached to an aromatic ring is 1. The van der Waals surface area contributed by atoms with Crippen molar-refractivity contribution in [3.8, 4) is 0 Å². The third-order valence-corrected chi connectivity index (χ3v) is 3.01. The van der Waals surface area contributed by atoms with Crippen LogP contribution in [0.5, 0.6) is 0 Å². The summed E-state index contributed by atoms with van der Waals surface area (Å²) >= 11 is 0.892. The second-order valence-electron chi connectivity index (χ2n) is 2.80. The van der Waals surface area contributed by atoms with Crippen molar-refractivity contribution in [3.05, 3.63) is 28.9 Å². The summed E-state index contributed by atoms with van der Waals surface area (Å²) in [6, 6.07) is 4.05. The van der Waals surface area contributed by atoms with Gasteiger partial charge in [0.25, 0.3) is 0 Å². The number of thiophene rings is 1. The third-order valence-electron chi connectivity index (χ3n) is 1.88. The Morgan fingerprint density at radius 1 is 1.50 bits per heavy atom. The first-order valence-electron chi connectivity index (χ1n) is 3.80. The van der Waals surface area contributed by atoms with Gasteiger partial charge < -0.3 is 10.8 Å². The summed E-state index contributed by atoms with van der Waals surface area (Å²) in [6.45, 7) is 0. The molecule has 1 aromatic carbocycles. The Morgan fingerprint density at radius 3 is 2.79 bits per heavy atom. The molecule has 0 atom stereocenters. The molecule has 0 saturated carbocycles. The molecule has 0 aliphatic carbocycles. The quantitative estimate of drug-likeness (QED) is 0.711. The Hall–Kier alpha value is -1.62. The van der Waals surface area contributed by atoms with E-state index in [1.165, 1.54) is 18.2 Å². The van der Waals surface area contributed by atoms with Gasteiger partial charge in [-0.05, 0) is 18.2 Å². The Morgan fingerprint density at radius 2 is 2.21 bits per heavy atom. The zero-order chi connectivity index (χ0) is 10.3. The van der Waals surface area contributed by atoms with Crippen molar-refractivity contribution < 1.29 is 14.3 Å². The lowest BCUT2D eigenvalue weighted by molar-refractivity contribution is 0.0702. The van der Waals surface area contributed by atoms with Crippen molar-refractivity contribution in [1.29, 1.82) is 0 Å². The monoisotopic (exact) mass is 211 g/mol. The smallest absolute Gasteiger partial charge is 0.345 e. The fourth-order valence-corrected chi connectivity index (χ4v) is 2.15. The average molecular weight is 211 g/mol. The molecule has 0 radical (unpaired) electrons. The molecule has 72 valence electrons. The molecule has 0 saturated heterocycles. The van der Waals surface area contributed by atoms with E-state index in [-0.39, 0.29) is 4.88 Å². The van der Waals surface area contributed by atoms with Crippen molar-refractivity contribution in [2.45, 2.75) is 0 Å². The summed E-state index contributed by atoms with van der Waals surface area (Å²) < 4.78 is 13.5. The Labute approximate surface area is 82.6 Å². The van der Waals surface area contributed by atoms with Crippen LogP contribution in [0.1, 0.15) is 9.67 Å². The number of halogens is 1. The van der Waals surface area contributed by atoms with E-state index in [1.807, 2.05) is 0 Å². The number of anilines is 1. The lowest BCUT2D eigenvalue weighted by atomic mass is 10.2. The molecule has 0 bridgehead atoms. The SMILES string of the molecule is Nc1ccc(F)c2sc(C(=O)O)cc12. The van der Waals surface area contributed by atoms with E-state index < -0.39 is 11.8 Å². The van der Waals surface area contributed by atoms with E-state index >= 15 is 0 Å². The largest absolute Gasteiger partial charge is 0.477 e. The molecule has 1 aromatic heterocycles. The summed E-state index contributed by atoms with van der Waals surface area (Å²) in [5, 5.41) is 9.18. The molecule has 1 heterocycles.